The Balaban J connectivity index is 1.89. The quantitative estimate of drug-likeness (QED) is 0.637. The third kappa shape index (κ3) is 6.72. The number of hydrogen-bond acceptors (Lipinski definition) is 1. The molecule has 0 spiro atoms. The lowest BCUT2D eigenvalue weighted by Gasteiger charge is -2.34. The maximum atomic E-state index is 4.08. The molecule has 1 unspecified atom stereocenters. The second kappa shape index (κ2) is 10.6. The van der Waals surface area contributed by atoms with Gasteiger partial charge in [0.05, 0.1) is 0 Å². The molecule has 0 aromatic heterocycles. The largest absolute Gasteiger partial charge is 0.311 e. The minimum atomic E-state index is 0.800. The monoisotopic (exact) mass is 293 g/mol. The van der Waals surface area contributed by atoms with Gasteiger partial charge in [-0.3, -0.25) is 0 Å². The second-order valence-electron chi connectivity index (χ2n) is 7.68. The van der Waals surface area contributed by atoms with E-state index in [1.165, 1.54) is 103 Å². The molecule has 2 rings (SSSR count). The summed E-state index contributed by atoms with van der Waals surface area (Å²) in [5.74, 6) is 0.968. The number of nitrogens with one attached hydrogen (secondary N) is 1. The van der Waals surface area contributed by atoms with Gasteiger partial charge >= 0.3 is 0 Å². The van der Waals surface area contributed by atoms with Crippen molar-refractivity contribution in [2.75, 3.05) is 0 Å². The van der Waals surface area contributed by atoms with E-state index in [-0.39, 0.29) is 0 Å². The Hall–Kier alpha value is -0.0400. The predicted octanol–water partition coefficient (Wildman–Crippen LogP) is 6.22. The summed E-state index contributed by atoms with van der Waals surface area (Å²) in [4.78, 5) is 0. The van der Waals surface area contributed by atoms with Crippen LogP contribution in [0.4, 0.5) is 0 Å². The van der Waals surface area contributed by atoms with Crippen molar-refractivity contribution in [1.82, 2.24) is 5.32 Å². The molecule has 21 heavy (non-hydrogen) atoms. The van der Waals surface area contributed by atoms with E-state index in [0.717, 1.165) is 18.0 Å². The van der Waals surface area contributed by atoms with Gasteiger partial charge in [-0.1, -0.05) is 77.6 Å². The van der Waals surface area contributed by atoms with Crippen molar-refractivity contribution in [3.63, 3.8) is 0 Å². The zero-order valence-corrected chi connectivity index (χ0v) is 14.5. The summed E-state index contributed by atoms with van der Waals surface area (Å²) in [6, 6.07) is 1.63. The zero-order valence-electron chi connectivity index (χ0n) is 14.5. The first-order valence-electron chi connectivity index (χ1n) is 10.2. The Labute approximate surface area is 133 Å². The van der Waals surface area contributed by atoms with Crippen molar-refractivity contribution in [1.29, 1.82) is 0 Å². The molecule has 1 saturated heterocycles. The fourth-order valence-corrected chi connectivity index (χ4v) is 4.52. The Bertz CT molecular complexity index is 238. The molecular formula is C20H39N. The lowest BCUT2D eigenvalue weighted by Crippen LogP contribution is -2.43. The minimum absolute atomic E-state index is 0.800. The van der Waals surface area contributed by atoms with Crippen LogP contribution in [0.2, 0.25) is 0 Å². The van der Waals surface area contributed by atoms with E-state index in [0.29, 0.717) is 0 Å². The topological polar surface area (TPSA) is 12.0 Å². The molecule has 0 aromatic carbocycles. The van der Waals surface area contributed by atoms with E-state index in [1.807, 2.05) is 0 Å². The van der Waals surface area contributed by atoms with Crippen LogP contribution in [0.25, 0.3) is 0 Å². The van der Waals surface area contributed by atoms with E-state index in [1.54, 1.807) is 0 Å². The van der Waals surface area contributed by atoms with Gasteiger partial charge in [-0.05, 0) is 38.0 Å². The van der Waals surface area contributed by atoms with Crippen LogP contribution in [-0.4, -0.2) is 12.1 Å². The SMILES string of the molecule is CC[C@H]1CCCCCC(C2CCCCCCCCCC2)N1. The van der Waals surface area contributed by atoms with Crippen LogP contribution in [0, 0.1) is 5.92 Å². The van der Waals surface area contributed by atoms with Gasteiger partial charge in [-0.2, -0.15) is 0 Å². The molecule has 1 saturated carbocycles. The van der Waals surface area contributed by atoms with Crippen molar-refractivity contribution >= 4 is 0 Å². The highest BCUT2D eigenvalue weighted by Crippen LogP contribution is 2.28. The summed E-state index contributed by atoms with van der Waals surface area (Å²) in [7, 11) is 0. The van der Waals surface area contributed by atoms with Gasteiger partial charge in [0.15, 0.2) is 0 Å². The number of rotatable bonds is 2. The molecule has 2 atom stereocenters. The zero-order chi connectivity index (χ0) is 14.8. The van der Waals surface area contributed by atoms with Crippen LogP contribution in [0.15, 0.2) is 0 Å². The molecule has 0 radical (unpaired) electrons. The fourth-order valence-electron chi connectivity index (χ4n) is 4.52. The van der Waals surface area contributed by atoms with Gasteiger partial charge in [-0.15, -0.1) is 0 Å². The highest BCUT2D eigenvalue weighted by molar-refractivity contribution is 4.82. The molecule has 124 valence electrons. The van der Waals surface area contributed by atoms with E-state index in [2.05, 4.69) is 12.2 Å². The van der Waals surface area contributed by atoms with Crippen LogP contribution in [-0.2, 0) is 0 Å². The third-order valence-electron chi connectivity index (χ3n) is 5.98. The van der Waals surface area contributed by atoms with Crippen molar-refractivity contribution < 1.29 is 0 Å². The Morgan fingerprint density at radius 3 is 1.71 bits per heavy atom. The van der Waals surface area contributed by atoms with Crippen molar-refractivity contribution in [2.24, 2.45) is 5.92 Å². The molecular weight excluding hydrogens is 254 g/mol. The minimum Gasteiger partial charge on any atom is -0.311 e. The van der Waals surface area contributed by atoms with Gasteiger partial charge in [0.25, 0.3) is 0 Å². The van der Waals surface area contributed by atoms with Crippen LogP contribution in [0.5, 0.6) is 0 Å². The summed E-state index contributed by atoms with van der Waals surface area (Å²) >= 11 is 0. The van der Waals surface area contributed by atoms with Gasteiger partial charge in [-0.25, -0.2) is 0 Å². The number of hydrogen-bond donors (Lipinski definition) is 1. The van der Waals surface area contributed by atoms with Crippen LogP contribution < -0.4 is 5.32 Å². The molecule has 1 nitrogen and oxygen atoms in total. The van der Waals surface area contributed by atoms with Gasteiger partial charge in [0.1, 0.15) is 0 Å². The first-order valence-corrected chi connectivity index (χ1v) is 10.2. The Morgan fingerprint density at radius 1 is 0.619 bits per heavy atom. The fraction of sp³-hybridized carbons (Fsp3) is 1.00. The van der Waals surface area contributed by atoms with Gasteiger partial charge < -0.3 is 5.32 Å². The first-order chi connectivity index (χ1) is 10.4. The lowest BCUT2D eigenvalue weighted by molar-refractivity contribution is 0.238. The average molecular weight is 294 g/mol. The van der Waals surface area contributed by atoms with Crippen molar-refractivity contribution in [3.8, 4) is 0 Å². The maximum absolute atomic E-state index is 4.08. The van der Waals surface area contributed by atoms with Crippen molar-refractivity contribution in [3.05, 3.63) is 0 Å². The van der Waals surface area contributed by atoms with E-state index in [4.69, 9.17) is 0 Å². The molecule has 1 N–H and O–H groups in total. The summed E-state index contributed by atoms with van der Waals surface area (Å²) < 4.78 is 0. The van der Waals surface area contributed by atoms with Gasteiger partial charge in [0, 0.05) is 12.1 Å². The second-order valence-corrected chi connectivity index (χ2v) is 7.68. The summed E-state index contributed by atoms with van der Waals surface area (Å²) in [6.07, 6.45) is 23.5. The van der Waals surface area contributed by atoms with Gasteiger partial charge in [0.2, 0.25) is 0 Å². The van der Waals surface area contributed by atoms with E-state index in [9.17, 15) is 0 Å². The summed E-state index contributed by atoms with van der Waals surface area (Å²) in [5, 5.41) is 4.08. The Kier molecular flexibility index (Phi) is 8.78. The highest BCUT2D eigenvalue weighted by atomic mass is 15.0. The van der Waals surface area contributed by atoms with Crippen LogP contribution >= 0.6 is 0 Å². The van der Waals surface area contributed by atoms with Crippen molar-refractivity contribution in [2.45, 2.75) is 122 Å². The molecule has 0 aromatic rings. The third-order valence-corrected chi connectivity index (χ3v) is 5.98. The van der Waals surface area contributed by atoms with Crippen LogP contribution in [0.1, 0.15) is 110 Å². The molecule has 1 aliphatic heterocycles. The average Bonchev–Trinajstić information content (AvgIpc) is 2.53. The highest BCUT2D eigenvalue weighted by Gasteiger charge is 2.24. The summed E-state index contributed by atoms with van der Waals surface area (Å²) in [5.41, 5.74) is 0. The normalized spacial score (nSPS) is 31.9. The predicted molar refractivity (Wildman–Crippen MR) is 93.7 cm³/mol. The maximum Gasteiger partial charge on any atom is 0.00979 e. The molecule has 2 aliphatic rings. The molecule has 0 bridgehead atoms. The van der Waals surface area contributed by atoms with Crippen LogP contribution in [0.3, 0.4) is 0 Å². The first kappa shape index (κ1) is 17.3. The Morgan fingerprint density at radius 2 is 1.10 bits per heavy atom. The summed E-state index contributed by atoms with van der Waals surface area (Å²) in [6.45, 7) is 2.37. The molecule has 0 amide bonds. The molecule has 1 aliphatic carbocycles. The standard InChI is InChI=1S/C20H39N/c1-2-19-16-12-9-13-17-20(21-19)18-14-10-7-5-3-4-6-8-11-15-18/h18-21H,2-17H2,1H3/t19-,20?/m0/s1. The van der Waals surface area contributed by atoms with E-state index >= 15 is 0 Å². The lowest BCUT2D eigenvalue weighted by atomic mass is 9.84. The molecule has 1 heteroatoms. The molecule has 2 fully saturated rings. The smallest absolute Gasteiger partial charge is 0.00979 e. The van der Waals surface area contributed by atoms with E-state index < -0.39 is 0 Å². The molecule has 1 heterocycles.